The van der Waals surface area contributed by atoms with Crippen molar-refractivity contribution in [1.82, 2.24) is 10.0 Å². The Morgan fingerprint density at radius 1 is 1.13 bits per heavy atom. The van der Waals surface area contributed by atoms with E-state index in [1.165, 1.54) is 13.8 Å². The lowest BCUT2D eigenvalue weighted by Gasteiger charge is -2.25. The summed E-state index contributed by atoms with van der Waals surface area (Å²) < 4.78 is 24.6. The van der Waals surface area contributed by atoms with Gasteiger partial charge in [-0.25, -0.2) is 13.1 Å². The number of hydrogen-bond acceptors (Lipinski definition) is 3. The van der Waals surface area contributed by atoms with E-state index < -0.39 is 20.7 Å². The molecule has 15 heavy (non-hydrogen) atoms. The van der Waals surface area contributed by atoms with Crippen LogP contribution in [0.4, 0.5) is 0 Å². The lowest BCUT2D eigenvalue weighted by molar-refractivity contribution is -0.122. The fourth-order valence-corrected chi connectivity index (χ4v) is 2.44. The molecule has 0 radical (unpaired) electrons. The van der Waals surface area contributed by atoms with Gasteiger partial charge in [0.05, 0.1) is 0 Å². The van der Waals surface area contributed by atoms with Crippen molar-refractivity contribution in [2.75, 3.05) is 13.1 Å². The summed E-state index contributed by atoms with van der Waals surface area (Å²) in [5.74, 6) is -0.433. The maximum Gasteiger partial charge on any atom is 0.242 e. The monoisotopic (exact) mass is 234 g/mol. The Morgan fingerprint density at radius 2 is 1.73 bits per heavy atom. The molecule has 0 atom stereocenters. The molecule has 6 heteroatoms. The Balaban J connectivity index is 2.90. The van der Waals surface area contributed by atoms with E-state index in [4.69, 9.17) is 0 Å². The summed E-state index contributed by atoms with van der Waals surface area (Å²) in [5.41, 5.74) is 0. The summed E-state index contributed by atoms with van der Waals surface area (Å²) in [6, 6.07) is 0. The van der Waals surface area contributed by atoms with Crippen LogP contribution in [0.25, 0.3) is 0 Å². The number of carbonyl (C=O) groups excluding carboxylic acids is 1. The molecule has 0 unspecified atom stereocenters. The number of rotatable bonds is 0. The summed E-state index contributed by atoms with van der Waals surface area (Å²) in [7, 11) is -3.57. The topological polar surface area (TPSA) is 75.3 Å². The van der Waals surface area contributed by atoms with Crippen molar-refractivity contribution in [2.24, 2.45) is 0 Å². The molecule has 0 bridgehead atoms. The molecule has 1 heterocycles. The van der Waals surface area contributed by atoms with Crippen molar-refractivity contribution in [3.05, 3.63) is 0 Å². The van der Waals surface area contributed by atoms with E-state index in [1.54, 1.807) is 0 Å². The highest BCUT2D eigenvalue weighted by Crippen LogP contribution is 2.16. The smallest absolute Gasteiger partial charge is 0.242 e. The van der Waals surface area contributed by atoms with Gasteiger partial charge in [0.2, 0.25) is 15.9 Å². The van der Waals surface area contributed by atoms with Gasteiger partial charge in [0.1, 0.15) is 0 Å². The predicted molar refractivity (Wildman–Crippen MR) is 57.9 cm³/mol. The van der Waals surface area contributed by atoms with E-state index >= 15 is 0 Å². The Hall–Kier alpha value is -0.620. The van der Waals surface area contributed by atoms with E-state index in [1.807, 2.05) is 0 Å². The molecule has 88 valence electrons. The molecular formula is C9H18N2O3S. The largest absolute Gasteiger partial charge is 0.355 e. The van der Waals surface area contributed by atoms with E-state index in [-0.39, 0.29) is 0 Å². The number of sulfonamides is 1. The summed E-state index contributed by atoms with van der Waals surface area (Å²) >= 11 is 0. The first-order chi connectivity index (χ1) is 6.88. The highest BCUT2D eigenvalue weighted by molar-refractivity contribution is 7.91. The Kier molecular flexibility index (Phi) is 3.72. The third kappa shape index (κ3) is 2.69. The number of nitrogens with one attached hydrogen (secondary N) is 2. The zero-order valence-electron chi connectivity index (χ0n) is 9.17. The summed E-state index contributed by atoms with van der Waals surface area (Å²) in [5, 5.41) is 2.64. The summed E-state index contributed by atoms with van der Waals surface area (Å²) in [6.07, 6.45) is 2.62. The first-order valence-corrected chi connectivity index (χ1v) is 6.64. The second-order valence-electron chi connectivity index (χ2n) is 4.22. The van der Waals surface area contributed by atoms with Gasteiger partial charge in [-0.15, -0.1) is 0 Å². The third-order valence-corrected chi connectivity index (χ3v) is 4.76. The quantitative estimate of drug-likeness (QED) is 0.619. The summed E-state index contributed by atoms with van der Waals surface area (Å²) in [4.78, 5) is 11.6. The number of hydrogen-bond donors (Lipinski definition) is 2. The van der Waals surface area contributed by atoms with Gasteiger partial charge in [-0.1, -0.05) is 6.42 Å². The minimum atomic E-state index is -3.57. The average Bonchev–Trinajstić information content (AvgIpc) is 2.14. The molecule has 0 aromatic heterocycles. The normalized spacial score (nSPS) is 26.7. The molecule has 1 aliphatic heterocycles. The van der Waals surface area contributed by atoms with Gasteiger partial charge in [-0.2, -0.15) is 0 Å². The predicted octanol–water partition coefficient (Wildman–Crippen LogP) is -0.0155. The van der Waals surface area contributed by atoms with Gasteiger partial charge in [0, 0.05) is 13.1 Å². The third-order valence-electron chi connectivity index (χ3n) is 2.65. The molecule has 1 amide bonds. The Bertz CT molecular complexity index is 335. The first kappa shape index (κ1) is 12.4. The van der Waals surface area contributed by atoms with Crippen molar-refractivity contribution in [3.8, 4) is 0 Å². The van der Waals surface area contributed by atoms with Crippen LogP contribution in [0, 0.1) is 0 Å². The minimum absolute atomic E-state index is 0.416. The van der Waals surface area contributed by atoms with Crippen LogP contribution in [-0.4, -0.2) is 32.2 Å². The SMILES string of the molecule is CC1(C)C(=O)NCCCCCNS1(=O)=O. The molecule has 1 rings (SSSR count). The standard InChI is InChI=1S/C9H18N2O3S/c1-9(2)8(12)10-6-4-3-5-7-11-15(9,13)14/h11H,3-7H2,1-2H3,(H,10,12). The van der Waals surface area contributed by atoms with Crippen LogP contribution >= 0.6 is 0 Å². The molecule has 1 saturated heterocycles. The molecule has 0 spiro atoms. The van der Waals surface area contributed by atoms with Gasteiger partial charge >= 0.3 is 0 Å². The molecule has 0 aliphatic carbocycles. The second kappa shape index (κ2) is 4.49. The zero-order chi connectivity index (χ0) is 11.5. The van der Waals surface area contributed by atoms with Gasteiger partial charge in [-0.3, -0.25) is 4.79 Å². The lowest BCUT2D eigenvalue weighted by atomic mass is 10.2. The van der Waals surface area contributed by atoms with Gasteiger partial charge in [0.15, 0.2) is 4.75 Å². The van der Waals surface area contributed by atoms with E-state index in [9.17, 15) is 13.2 Å². The summed E-state index contributed by atoms with van der Waals surface area (Å²) in [6.45, 7) is 3.81. The Morgan fingerprint density at radius 3 is 2.40 bits per heavy atom. The molecule has 5 nitrogen and oxygen atoms in total. The fraction of sp³-hybridized carbons (Fsp3) is 0.889. The van der Waals surface area contributed by atoms with Crippen molar-refractivity contribution in [3.63, 3.8) is 0 Å². The van der Waals surface area contributed by atoms with Crippen LogP contribution < -0.4 is 10.0 Å². The maximum atomic E-state index is 11.8. The highest BCUT2D eigenvalue weighted by atomic mass is 32.2. The van der Waals surface area contributed by atoms with Crippen LogP contribution in [0.5, 0.6) is 0 Å². The van der Waals surface area contributed by atoms with E-state index in [0.717, 1.165) is 19.3 Å². The molecule has 0 aromatic rings. The van der Waals surface area contributed by atoms with E-state index in [0.29, 0.717) is 13.1 Å². The van der Waals surface area contributed by atoms with Gasteiger partial charge < -0.3 is 5.32 Å². The van der Waals surface area contributed by atoms with Crippen LogP contribution in [0.2, 0.25) is 0 Å². The van der Waals surface area contributed by atoms with Crippen LogP contribution in [0.15, 0.2) is 0 Å². The van der Waals surface area contributed by atoms with Crippen LogP contribution in [-0.2, 0) is 14.8 Å². The van der Waals surface area contributed by atoms with Crippen molar-refractivity contribution in [1.29, 1.82) is 0 Å². The van der Waals surface area contributed by atoms with Crippen molar-refractivity contribution >= 4 is 15.9 Å². The minimum Gasteiger partial charge on any atom is -0.355 e. The van der Waals surface area contributed by atoms with Crippen LogP contribution in [0.1, 0.15) is 33.1 Å². The van der Waals surface area contributed by atoms with E-state index in [2.05, 4.69) is 10.0 Å². The zero-order valence-corrected chi connectivity index (χ0v) is 9.99. The molecule has 1 aliphatic rings. The van der Waals surface area contributed by atoms with Crippen molar-refractivity contribution in [2.45, 2.75) is 37.9 Å². The molecule has 2 N–H and O–H groups in total. The molecule has 0 saturated carbocycles. The first-order valence-electron chi connectivity index (χ1n) is 5.15. The number of carbonyl (C=O) groups is 1. The number of amides is 1. The van der Waals surface area contributed by atoms with Crippen molar-refractivity contribution < 1.29 is 13.2 Å². The fourth-order valence-electron chi connectivity index (χ4n) is 1.35. The molecular weight excluding hydrogens is 216 g/mol. The van der Waals surface area contributed by atoms with Gasteiger partial charge in [-0.05, 0) is 26.7 Å². The Labute approximate surface area is 90.7 Å². The average molecular weight is 234 g/mol. The second-order valence-corrected chi connectivity index (χ2v) is 6.54. The maximum absolute atomic E-state index is 11.8. The molecule has 1 fully saturated rings. The lowest BCUT2D eigenvalue weighted by Crippen LogP contribution is -2.53. The van der Waals surface area contributed by atoms with Crippen LogP contribution in [0.3, 0.4) is 0 Å². The highest BCUT2D eigenvalue weighted by Gasteiger charge is 2.41. The molecule has 0 aromatic carbocycles. The van der Waals surface area contributed by atoms with Gasteiger partial charge in [0.25, 0.3) is 0 Å².